The molecule has 2 heterocycles. The Kier molecular flexibility index (Phi) is 30.5. The number of aliphatic hydroxyl groups excluding tert-OH is 3. The molecule has 9 atom stereocenters. The third-order valence-electron chi connectivity index (χ3n) is 10.5. The lowest BCUT2D eigenvalue weighted by Crippen LogP contribution is -2.36. The number of ether oxygens (including phenoxy) is 3. The molecule has 0 amide bonds. The zero-order valence-electron chi connectivity index (χ0n) is 39.7. The van der Waals surface area contributed by atoms with Crippen LogP contribution in [0, 0.1) is 5.92 Å². The van der Waals surface area contributed by atoms with Crippen LogP contribution in [0.1, 0.15) is 130 Å². The topological polar surface area (TPSA) is 286 Å². The summed E-state index contributed by atoms with van der Waals surface area (Å²) in [5.74, 6) is -0.900. The number of carbonyl (C=O) groups excluding carboxylic acids is 2. The monoisotopic (exact) mass is 999 g/mol. The number of esters is 2. The highest BCUT2D eigenvalue weighted by Gasteiger charge is 2.46. The van der Waals surface area contributed by atoms with Crippen LogP contribution in [0.15, 0.2) is 90.0 Å². The number of hydrogen-bond acceptors (Lipinski definition) is 16. The van der Waals surface area contributed by atoms with Gasteiger partial charge in [-0.15, -0.1) is 0 Å². The number of allylic oxidation sites excluding steroid dienone is 11. The third-order valence-corrected chi connectivity index (χ3v) is 13.1. The first kappa shape index (κ1) is 60.3. The number of nitrogen functional groups attached to an aromatic ring is 1. The van der Waals surface area contributed by atoms with Crippen molar-refractivity contribution in [2.45, 2.75) is 160 Å². The van der Waals surface area contributed by atoms with E-state index in [0.29, 0.717) is 18.8 Å². The van der Waals surface area contributed by atoms with Crippen LogP contribution in [0.25, 0.3) is 0 Å². The van der Waals surface area contributed by atoms with Gasteiger partial charge in [-0.05, 0) is 56.9 Å². The molecular weight excluding hydrogens is 924 g/mol. The number of rotatable bonds is 36. The summed E-state index contributed by atoms with van der Waals surface area (Å²) in [6.07, 6.45) is 27.8. The van der Waals surface area contributed by atoms with Gasteiger partial charge in [-0.3, -0.25) is 23.2 Å². The molecule has 0 aromatic carbocycles. The number of aromatic nitrogens is 2. The van der Waals surface area contributed by atoms with Gasteiger partial charge in [0, 0.05) is 19.0 Å². The summed E-state index contributed by atoms with van der Waals surface area (Å²) in [6, 6.07) is 1.23. The maximum Gasteiger partial charge on any atom is 0.481 e. The minimum Gasteiger partial charge on any atom is -0.462 e. The number of aliphatic hydroxyl groups is 3. The molecule has 2 rings (SSSR count). The van der Waals surface area contributed by atoms with E-state index in [1.165, 1.54) is 18.6 Å². The van der Waals surface area contributed by atoms with Crippen LogP contribution in [-0.2, 0) is 46.3 Å². The number of phosphoric ester groups is 2. The maximum atomic E-state index is 12.8. The van der Waals surface area contributed by atoms with Crippen molar-refractivity contribution in [2.75, 3.05) is 25.6 Å². The number of carbonyl (C=O) groups is 2. The summed E-state index contributed by atoms with van der Waals surface area (Å²) in [7, 11) is -11.0. The van der Waals surface area contributed by atoms with Crippen molar-refractivity contribution in [1.82, 2.24) is 9.55 Å². The molecule has 1 aliphatic rings. The lowest BCUT2D eigenvalue weighted by atomic mass is 10.00. The summed E-state index contributed by atoms with van der Waals surface area (Å²) >= 11 is 0. The molecule has 1 saturated heterocycles. The highest BCUT2D eigenvalue weighted by molar-refractivity contribution is 7.61. The van der Waals surface area contributed by atoms with Crippen molar-refractivity contribution >= 4 is 33.4 Å². The predicted molar refractivity (Wildman–Crippen MR) is 258 cm³/mol. The van der Waals surface area contributed by atoms with Gasteiger partial charge in [-0.2, -0.15) is 9.29 Å². The average molecular weight is 1000 g/mol. The molecule has 1 aliphatic heterocycles. The first-order valence-corrected chi connectivity index (χ1v) is 26.4. The summed E-state index contributed by atoms with van der Waals surface area (Å²) in [5.41, 5.74) is 4.56. The molecule has 0 bridgehead atoms. The van der Waals surface area contributed by atoms with Crippen molar-refractivity contribution in [2.24, 2.45) is 5.92 Å². The normalized spacial score (nSPS) is 21.1. The molecule has 4 unspecified atom stereocenters. The molecule has 0 aliphatic carbocycles. The first-order valence-electron chi connectivity index (χ1n) is 23.5. The Labute approximate surface area is 400 Å². The summed E-state index contributed by atoms with van der Waals surface area (Å²) < 4.78 is 56.4. The molecule has 1 aromatic heterocycles. The second-order valence-electron chi connectivity index (χ2n) is 16.3. The Morgan fingerprint density at radius 3 is 2.04 bits per heavy atom. The van der Waals surface area contributed by atoms with E-state index in [-0.39, 0.29) is 25.1 Å². The fourth-order valence-corrected chi connectivity index (χ4v) is 8.51. The van der Waals surface area contributed by atoms with Crippen LogP contribution >= 0.6 is 15.6 Å². The van der Waals surface area contributed by atoms with Crippen molar-refractivity contribution < 1.29 is 71.4 Å². The summed E-state index contributed by atoms with van der Waals surface area (Å²) in [5, 5.41) is 31.3. The summed E-state index contributed by atoms with van der Waals surface area (Å²) in [4.78, 5) is 61.7. The van der Waals surface area contributed by atoms with Crippen molar-refractivity contribution in [3.63, 3.8) is 0 Å². The Morgan fingerprint density at radius 1 is 0.809 bits per heavy atom. The molecule has 1 aromatic rings. The summed E-state index contributed by atoms with van der Waals surface area (Å²) in [6.45, 7) is 4.00. The van der Waals surface area contributed by atoms with Crippen LogP contribution in [0.4, 0.5) is 5.82 Å². The van der Waals surface area contributed by atoms with Crippen molar-refractivity contribution in [1.29, 1.82) is 0 Å². The number of phosphoric acid groups is 2. The SMILES string of the molecule is CC/C=C\C/C=C\C/C=C\C/C=C\C/C=C\C=C/C(O)CCC(=O)O[C@H](COC(=O)CCCCCCCCC(C)CC)COP(=O)(O)OP(=O)(O)OC[C@H]1O[C@@H](n2ccc(N)nc2=O)[C@H](O)[C@@H]1O. The zero-order chi connectivity index (χ0) is 50.2. The second kappa shape index (κ2) is 34.5. The largest absolute Gasteiger partial charge is 0.481 e. The van der Waals surface area contributed by atoms with E-state index in [1.54, 1.807) is 12.2 Å². The quantitative estimate of drug-likeness (QED) is 0.0123. The van der Waals surface area contributed by atoms with Gasteiger partial charge < -0.3 is 45.1 Å². The predicted octanol–water partition coefficient (Wildman–Crippen LogP) is 7.77. The molecule has 21 heteroatoms. The van der Waals surface area contributed by atoms with Crippen LogP contribution in [0.3, 0.4) is 0 Å². The van der Waals surface area contributed by atoms with Crippen LogP contribution < -0.4 is 11.4 Å². The standard InChI is InChI=1S/C47H75N3O16P2/c1-4-6-7-8-9-10-11-12-13-14-15-16-17-18-22-25-28-38(51)30-31-43(53)64-39(34-61-42(52)29-26-23-20-19-21-24-27-37(3)5-2)35-62-67(57,58)66-68(59,60)63-36-40-44(54)45(55)46(65-40)50-33-32-41(48)49-47(50)56/h6-7,9-10,12-13,15-16,18,22,25,28,32-33,37-40,44-46,51,54-55H,4-5,8,11,14,17,19-21,23-24,26-27,29-31,34-36H2,1-3H3,(H,57,58)(H,59,60)(H2,48,49,56)/b7-6-,10-9-,13-12-,16-15-,22-18-,28-25-/t37?,38?,39-,40-,44-,45-,46-/m1/s1. The van der Waals surface area contributed by atoms with Crippen molar-refractivity contribution in [3.8, 4) is 0 Å². The second-order valence-corrected chi connectivity index (χ2v) is 19.4. The number of nitrogens with zero attached hydrogens (tertiary/aromatic N) is 2. The van der Waals surface area contributed by atoms with E-state index >= 15 is 0 Å². The van der Waals surface area contributed by atoms with Gasteiger partial charge in [-0.25, -0.2) is 13.9 Å². The molecule has 384 valence electrons. The molecule has 19 nitrogen and oxygen atoms in total. The Balaban J connectivity index is 1.89. The van der Waals surface area contributed by atoms with Gasteiger partial charge in [0.2, 0.25) is 0 Å². The lowest BCUT2D eigenvalue weighted by molar-refractivity contribution is -0.161. The zero-order valence-corrected chi connectivity index (χ0v) is 41.4. The van der Waals surface area contributed by atoms with Crippen LogP contribution in [0.5, 0.6) is 0 Å². The van der Waals surface area contributed by atoms with E-state index < -0.39 is 89.8 Å². The average Bonchev–Trinajstić information content (AvgIpc) is 3.57. The Bertz CT molecular complexity index is 1950. The Hall–Kier alpha value is -3.84. The smallest absolute Gasteiger partial charge is 0.462 e. The van der Waals surface area contributed by atoms with Gasteiger partial charge >= 0.3 is 33.3 Å². The molecular formula is C47H75N3O16P2. The van der Waals surface area contributed by atoms with Crippen LogP contribution in [0.2, 0.25) is 0 Å². The maximum absolute atomic E-state index is 12.8. The van der Waals surface area contributed by atoms with Gasteiger partial charge in [-0.1, -0.05) is 139 Å². The minimum atomic E-state index is -5.48. The number of nitrogens with two attached hydrogens (primary N) is 1. The van der Waals surface area contributed by atoms with E-state index in [1.807, 2.05) is 12.2 Å². The fourth-order valence-electron chi connectivity index (χ4n) is 6.40. The molecule has 1 fully saturated rings. The molecule has 0 spiro atoms. The Morgan fingerprint density at radius 2 is 1.41 bits per heavy atom. The number of anilines is 1. The minimum absolute atomic E-state index is 0.0531. The molecule has 0 radical (unpaired) electrons. The van der Waals surface area contributed by atoms with E-state index in [2.05, 4.69) is 72.6 Å². The molecule has 68 heavy (non-hydrogen) atoms. The molecule has 7 N–H and O–H groups in total. The van der Waals surface area contributed by atoms with Crippen molar-refractivity contribution in [3.05, 3.63) is 95.7 Å². The number of unbranched alkanes of at least 4 members (excludes halogenated alkanes) is 5. The highest BCUT2D eigenvalue weighted by Crippen LogP contribution is 2.60. The third kappa shape index (κ3) is 27.4. The van der Waals surface area contributed by atoms with Gasteiger partial charge in [0.05, 0.1) is 19.3 Å². The lowest BCUT2D eigenvalue weighted by Gasteiger charge is -2.21. The van der Waals surface area contributed by atoms with Gasteiger partial charge in [0.15, 0.2) is 12.3 Å². The van der Waals surface area contributed by atoms with E-state index in [0.717, 1.165) is 75.0 Å². The van der Waals surface area contributed by atoms with E-state index in [9.17, 15) is 48.6 Å². The van der Waals surface area contributed by atoms with Gasteiger partial charge in [0.1, 0.15) is 30.7 Å². The first-order chi connectivity index (χ1) is 32.5. The van der Waals surface area contributed by atoms with Crippen LogP contribution in [-0.4, -0.2) is 96.9 Å². The molecule has 0 saturated carbocycles. The highest BCUT2D eigenvalue weighted by atomic mass is 31.3. The number of hydrogen-bond donors (Lipinski definition) is 6. The van der Waals surface area contributed by atoms with E-state index in [4.69, 9.17) is 29.0 Å². The van der Waals surface area contributed by atoms with Gasteiger partial charge in [0.25, 0.3) is 0 Å². The fraction of sp³-hybridized carbons (Fsp3) is 0.617.